The molecule has 3 rings (SSSR count). The smallest absolute Gasteiger partial charge is 0.0614 e. The third kappa shape index (κ3) is 0.674. The first-order valence-electron chi connectivity index (χ1n) is 4.63. The maximum atomic E-state index is 9.67. The van der Waals surface area contributed by atoms with E-state index in [9.17, 15) is 5.11 Å². The summed E-state index contributed by atoms with van der Waals surface area (Å²) in [6.45, 7) is 0. The van der Waals surface area contributed by atoms with Gasteiger partial charge in [-0.1, -0.05) is 24.3 Å². The molecule has 0 heterocycles. The van der Waals surface area contributed by atoms with Gasteiger partial charge in [0, 0.05) is 5.92 Å². The average molecular weight is 160 g/mol. The Morgan fingerprint density at radius 1 is 1.08 bits per heavy atom. The maximum Gasteiger partial charge on any atom is 0.0614 e. The molecule has 12 heavy (non-hydrogen) atoms. The molecule has 1 fully saturated rings. The molecule has 0 aromatic heterocycles. The second-order valence-electron chi connectivity index (χ2n) is 3.97. The molecule has 1 aromatic rings. The van der Waals surface area contributed by atoms with E-state index in [2.05, 4.69) is 24.3 Å². The van der Waals surface area contributed by atoms with Gasteiger partial charge in [-0.2, -0.15) is 0 Å². The predicted molar refractivity (Wildman–Crippen MR) is 47.2 cm³/mol. The van der Waals surface area contributed by atoms with Crippen LogP contribution >= 0.6 is 0 Å². The molecule has 1 aromatic carbocycles. The maximum absolute atomic E-state index is 9.67. The minimum atomic E-state index is -0.0649. The number of aliphatic hydroxyl groups excluding tert-OH is 1. The lowest BCUT2D eigenvalue weighted by atomic mass is 9.90. The molecule has 0 unspecified atom stereocenters. The Balaban J connectivity index is 2.17. The molecule has 2 aliphatic carbocycles. The Morgan fingerprint density at radius 2 is 1.83 bits per heavy atom. The van der Waals surface area contributed by atoms with Crippen molar-refractivity contribution < 1.29 is 5.11 Å². The van der Waals surface area contributed by atoms with Crippen LogP contribution in [0.3, 0.4) is 0 Å². The van der Waals surface area contributed by atoms with Crippen molar-refractivity contribution in [2.75, 3.05) is 0 Å². The fourth-order valence-electron chi connectivity index (χ4n) is 2.82. The standard InChI is InChI=1S/C11H12O/c12-11-6-7-5-10(11)9-4-2-1-3-8(7)9/h1-4,7,10-12H,5-6H2/t7-,10-,11-/m1/s1. The highest BCUT2D eigenvalue weighted by Crippen LogP contribution is 2.52. The van der Waals surface area contributed by atoms with Crippen molar-refractivity contribution in [3.05, 3.63) is 35.4 Å². The van der Waals surface area contributed by atoms with Gasteiger partial charge < -0.3 is 5.11 Å². The van der Waals surface area contributed by atoms with Gasteiger partial charge in [0.05, 0.1) is 6.10 Å². The summed E-state index contributed by atoms with van der Waals surface area (Å²) in [6.07, 6.45) is 2.10. The van der Waals surface area contributed by atoms with E-state index in [0.29, 0.717) is 11.8 Å². The summed E-state index contributed by atoms with van der Waals surface area (Å²) in [5.41, 5.74) is 2.90. The fraction of sp³-hybridized carbons (Fsp3) is 0.455. The molecular formula is C11H12O. The van der Waals surface area contributed by atoms with Crippen LogP contribution in [0.25, 0.3) is 0 Å². The molecule has 3 atom stereocenters. The van der Waals surface area contributed by atoms with Gasteiger partial charge in [0.15, 0.2) is 0 Å². The number of rotatable bonds is 0. The summed E-state index contributed by atoms with van der Waals surface area (Å²) in [6, 6.07) is 8.56. The normalized spacial score (nSPS) is 36.9. The summed E-state index contributed by atoms with van der Waals surface area (Å²) in [5, 5.41) is 9.67. The molecule has 2 bridgehead atoms. The zero-order valence-corrected chi connectivity index (χ0v) is 6.90. The van der Waals surface area contributed by atoms with Crippen LogP contribution < -0.4 is 0 Å². The molecule has 1 nitrogen and oxygen atoms in total. The van der Waals surface area contributed by atoms with Gasteiger partial charge in [-0.25, -0.2) is 0 Å². The molecule has 0 saturated heterocycles. The Labute approximate surface area is 72.0 Å². The second kappa shape index (κ2) is 2.11. The monoisotopic (exact) mass is 160 g/mol. The largest absolute Gasteiger partial charge is 0.392 e. The lowest BCUT2D eigenvalue weighted by molar-refractivity contribution is 0.158. The first kappa shape index (κ1) is 6.67. The van der Waals surface area contributed by atoms with Crippen LogP contribution in [-0.2, 0) is 0 Å². The summed E-state index contributed by atoms with van der Waals surface area (Å²) < 4.78 is 0. The zero-order valence-electron chi connectivity index (χ0n) is 6.90. The number of hydrogen-bond acceptors (Lipinski definition) is 1. The van der Waals surface area contributed by atoms with Gasteiger partial charge in [0.2, 0.25) is 0 Å². The van der Waals surface area contributed by atoms with Crippen LogP contribution in [0.1, 0.15) is 35.8 Å². The van der Waals surface area contributed by atoms with E-state index in [-0.39, 0.29) is 6.10 Å². The highest BCUT2D eigenvalue weighted by molar-refractivity contribution is 5.42. The number of benzene rings is 1. The van der Waals surface area contributed by atoms with E-state index in [1.165, 1.54) is 17.5 Å². The molecule has 0 spiro atoms. The SMILES string of the molecule is O[C@@H]1C[C@H]2C[C@@H]1c1ccccc12. The Morgan fingerprint density at radius 3 is 2.67 bits per heavy atom. The molecule has 0 aliphatic heterocycles. The van der Waals surface area contributed by atoms with E-state index in [0.717, 1.165) is 6.42 Å². The molecule has 1 saturated carbocycles. The van der Waals surface area contributed by atoms with Gasteiger partial charge in [-0.3, -0.25) is 0 Å². The van der Waals surface area contributed by atoms with Crippen molar-refractivity contribution in [2.24, 2.45) is 0 Å². The topological polar surface area (TPSA) is 20.2 Å². The number of aliphatic hydroxyl groups is 1. The van der Waals surface area contributed by atoms with Crippen LogP contribution in [0, 0.1) is 0 Å². The van der Waals surface area contributed by atoms with Crippen molar-refractivity contribution in [3.8, 4) is 0 Å². The Hall–Kier alpha value is -0.820. The molecule has 62 valence electrons. The zero-order chi connectivity index (χ0) is 8.13. The van der Waals surface area contributed by atoms with E-state index in [4.69, 9.17) is 0 Å². The lowest BCUT2D eigenvalue weighted by Crippen LogP contribution is -2.14. The lowest BCUT2D eigenvalue weighted by Gasteiger charge is -2.19. The van der Waals surface area contributed by atoms with Gasteiger partial charge in [0.25, 0.3) is 0 Å². The van der Waals surface area contributed by atoms with Gasteiger partial charge in [-0.05, 0) is 29.9 Å². The van der Waals surface area contributed by atoms with Crippen LogP contribution in [0.5, 0.6) is 0 Å². The summed E-state index contributed by atoms with van der Waals surface area (Å²) in [4.78, 5) is 0. The van der Waals surface area contributed by atoms with Crippen molar-refractivity contribution >= 4 is 0 Å². The van der Waals surface area contributed by atoms with Crippen LogP contribution in [-0.4, -0.2) is 11.2 Å². The van der Waals surface area contributed by atoms with E-state index in [1.54, 1.807) is 0 Å². The minimum Gasteiger partial charge on any atom is -0.392 e. The van der Waals surface area contributed by atoms with Crippen molar-refractivity contribution in [3.63, 3.8) is 0 Å². The molecular weight excluding hydrogens is 148 g/mol. The molecule has 2 aliphatic rings. The van der Waals surface area contributed by atoms with Crippen LogP contribution in [0.15, 0.2) is 24.3 Å². The fourth-order valence-corrected chi connectivity index (χ4v) is 2.82. The quantitative estimate of drug-likeness (QED) is 0.615. The Kier molecular flexibility index (Phi) is 1.17. The van der Waals surface area contributed by atoms with Gasteiger partial charge >= 0.3 is 0 Å². The van der Waals surface area contributed by atoms with E-state index >= 15 is 0 Å². The molecule has 0 radical (unpaired) electrons. The summed E-state index contributed by atoms with van der Waals surface area (Å²) in [5.74, 6) is 1.10. The molecule has 1 N–H and O–H groups in total. The van der Waals surface area contributed by atoms with Crippen LogP contribution in [0.4, 0.5) is 0 Å². The first-order valence-corrected chi connectivity index (χ1v) is 4.63. The highest BCUT2D eigenvalue weighted by atomic mass is 16.3. The van der Waals surface area contributed by atoms with Gasteiger partial charge in [-0.15, -0.1) is 0 Å². The van der Waals surface area contributed by atoms with Crippen molar-refractivity contribution in [2.45, 2.75) is 30.8 Å². The van der Waals surface area contributed by atoms with E-state index in [1.807, 2.05) is 0 Å². The minimum absolute atomic E-state index is 0.0649. The Bertz CT molecular complexity index is 319. The second-order valence-corrected chi connectivity index (χ2v) is 3.97. The highest BCUT2D eigenvalue weighted by Gasteiger charge is 2.42. The summed E-state index contributed by atoms with van der Waals surface area (Å²) >= 11 is 0. The van der Waals surface area contributed by atoms with Crippen molar-refractivity contribution in [1.82, 2.24) is 0 Å². The first-order chi connectivity index (χ1) is 5.86. The van der Waals surface area contributed by atoms with E-state index < -0.39 is 0 Å². The third-order valence-electron chi connectivity index (χ3n) is 3.36. The van der Waals surface area contributed by atoms with Gasteiger partial charge in [0.1, 0.15) is 0 Å². The van der Waals surface area contributed by atoms with Crippen LogP contribution in [0.2, 0.25) is 0 Å². The summed E-state index contributed by atoms with van der Waals surface area (Å²) in [7, 11) is 0. The predicted octanol–water partition coefficient (Wildman–Crippen LogP) is 2.02. The van der Waals surface area contributed by atoms with Crippen molar-refractivity contribution in [1.29, 1.82) is 0 Å². The number of fused-ring (bicyclic) bond motifs is 5. The number of hydrogen-bond donors (Lipinski definition) is 1. The average Bonchev–Trinajstić information content (AvgIpc) is 2.62. The molecule has 1 heteroatoms. The molecule has 0 amide bonds. The third-order valence-corrected chi connectivity index (χ3v) is 3.36.